The SMILES string of the molecule is CCOc1cc(F)ccc1NC(=O)C(CN)C(C)C. The fraction of sp³-hybridized carbons (Fsp3) is 0.500. The smallest absolute Gasteiger partial charge is 0.229 e. The minimum atomic E-state index is -0.402. The number of ether oxygens (including phenoxy) is 1. The standard InChI is InChI=1S/C14H21FN2O2/c1-4-19-13-7-10(15)5-6-12(13)17-14(18)11(8-16)9(2)3/h5-7,9,11H,4,8,16H2,1-3H3,(H,17,18). The number of rotatable bonds is 6. The van der Waals surface area contributed by atoms with Crippen molar-refractivity contribution in [2.75, 3.05) is 18.5 Å². The summed E-state index contributed by atoms with van der Waals surface area (Å²) in [6.45, 7) is 6.34. The Hall–Kier alpha value is -1.62. The van der Waals surface area contributed by atoms with Crippen molar-refractivity contribution < 1.29 is 13.9 Å². The van der Waals surface area contributed by atoms with Crippen LogP contribution in [0.4, 0.5) is 10.1 Å². The number of halogens is 1. The molecule has 1 aromatic rings. The van der Waals surface area contributed by atoms with E-state index in [1.165, 1.54) is 18.2 Å². The molecule has 4 nitrogen and oxygen atoms in total. The highest BCUT2D eigenvalue weighted by Gasteiger charge is 2.21. The van der Waals surface area contributed by atoms with Gasteiger partial charge in [-0.15, -0.1) is 0 Å². The van der Waals surface area contributed by atoms with E-state index < -0.39 is 5.82 Å². The molecule has 1 aromatic carbocycles. The molecule has 106 valence electrons. The van der Waals surface area contributed by atoms with Gasteiger partial charge in [0.05, 0.1) is 18.2 Å². The van der Waals surface area contributed by atoms with Crippen molar-refractivity contribution in [3.05, 3.63) is 24.0 Å². The van der Waals surface area contributed by atoms with Crippen LogP contribution in [0.2, 0.25) is 0 Å². The van der Waals surface area contributed by atoms with E-state index in [-0.39, 0.29) is 24.3 Å². The molecule has 0 fully saturated rings. The topological polar surface area (TPSA) is 64.3 Å². The van der Waals surface area contributed by atoms with Gasteiger partial charge in [-0.2, -0.15) is 0 Å². The number of carbonyl (C=O) groups is 1. The molecule has 3 N–H and O–H groups in total. The van der Waals surface area contributed by atoms with Gasteiger partial charge in [-0.25, -0.2) is 4.39 Å². The maximum Gasteiger partial charge on any atom is 0.229 e. The van der Waals surface area contributed by atoms with Gasteiger partial charge >= 0.3 is 0 Å². The number of hydrogen-bond donors (Lipinski definition) is 2. The van der Waals surface area contributed by atoms with E-state index in [0.29, 0.717) is 18.0 Å². The van der Waals surface area contributed by atoms with Gasteiger partial charge in [-0.1, -0.05) is 13.8 Å². The number of nitrogens with two attached hydrogens (primary N) is 1. The van der Waals surface area contributed by atoms with Crippen LogP contribution in [0.25, 0.3) is 0 Å². The lowest BCUT2D eigenvalue weighted by atomic mass is 9.95. The Morgan fingerprint density at radius 2 is 2.16 bits per heavy atom. The molecule has 0 saturated carbocycles. The lowest BCUT2D eigenvalue weighted by Gasteiger charge is -2.19. The highest BCUT2D eigenvalue weighted by atomic mass is 19.1. The molecule has 1 amide bonds. The lowest BCUT2D eigenvalue weighted by molar-refractivity contribution is -0.120. The predicted molar refractivity (Wildman–Crippen MR) is 73.6 cm³/mol. The molecule has 0 aromatic heterocycles. The summed E-state index contributed by atoms with van der Waals surface area (Å²) in [6, 6.07) is 4.03. The molecule has 0 saturated heterocycles. The van der Waals surface area contributed by atoms with Crippen molar-refractivity contribution in [1.29, 1.82) is 0 Å². The molecule has 5 heteroatoms. The summed E-state index contributed by atoms with van der Waals surface area (Å²) in [5.41, 5.74) is 6.06. The van der Waals surface area contributed by atoms with Gasteiger partial charge in [0.25, 0.3) is 0 Å². The third-order valence-corrected chi connectivity index (χ3v) is 2.90. The van der Waals surface area contributed by atoms with Crippen molar-refractivity contribution in [3.8, 4) is 5.75 Å². The Kier molecular flexibility index (Phi) is 5.76. The Bertz CT molecular complexity index is 435. The first-order chi connectivity index (χ1) is 8.99. The molecule has 0 bridgehead atoms. The molecule has 1 unspecified atom stereocenters. The van der Waals surface area contributed by atoms with Crippen molar-refractivity contribution in [2.24, 2.45) is 17.6 Å². The van der Waals surface area contributed by atoms with Crippen LogP contribution in [0.3, 0.4) is 0 Å². The minimum Gasteiger partial charge on any atom is -0.492 e. The average Bonchev–Trinajstić information content (AvgIpc) is 2.33. The number of hydrogen-bond acceptors (Lipinski definition) is 3. The van der Waals surface area contributed by atoms with Gasteiger partial charge in [0.1, 0.15) is 11.6 Å². The highest BCUT2D eigenvalue weighted by molar-refractivity contribution is 5.94. The molecule has 0 aliphatic rings. The highest BCUT2D eigenvalue weighted by Crippen LogP contribution is 2.26. The van der Waals surface area contributed by atoms with E-state index in [9.17, 15) is 9.18 Å². The van der Waals surface area contributed by atoms with Gasteiger partial charge in [0.15, 0.2) is 0 Å². The monoisotopic (exact) mass is 268 g/mol. The fourth-order valence-electron chi connectivity index (χ4n) is 1.78. The van der Waals surface area contributed by atoms with E-state index >= 15 is 0 Å². The minimum absolute atomic E-state index is 0.140. The summed E-state index contributed by atoms with van der Waals surface area (Å²) in [6.07, 6.45) is 0. The van der Waals surface area contributed by atoms with Crippen LogP contribution in [0.5, 0.6) is 5.75 Å². The third kappa shape index (κ3) is 4.21. The van der Waals surface area contributed by atoms with Crippen LogP contribution < -0.4 is 15.8 Å². The van der Waals surface area contributed by atoms with Crippen LogP contribution in [0.1, 0.15) is 20.8 Å². The van der Waals surface area contributed by atoms with E-state index in [0.717, 1.165) is 0 Å². The van der Waals surface area contributed by atoms with Crippen molar-refractivity contribution in [2.45, 2.75) is 20.8 Å². The largest absolute Gasteiger partial charge is 0.492 e. The Balaban J connectivity index is 2.89. The molecule has 1 atom stereocenters. The summed E-state index contributed by atoms with van der Waals surface area (Å²) >= 11 is 0. The number of amides is 1. The maximum absolute atomic E-state index is 13.1. The summed E-state index contributed by atoms with van der Waals surface area (Å²) < 4.78 is 18.5. The second-order valence-corrected chi connectivity index (χ2v) is 4.65. The molecule has 0 aliphatic heterocycles. The Labute approximate surface area is 113 Å². The van der Waals surface area contributed by atoms with Crippen LogP contribution in [-0.4, -0.2) is 19.1 Å². The fourth-order valence-corrected chi connectivity index (χ4v) is 1.78. The molecule has 0 heterocycles. The summed E-state index contributed by atoms with van der Waals surface area (Å²) in [4.78, 5) is 12.1. The van der Waals surface area contributed by atoms with Crippen molar-refractivity contribution in [3.63, 3.8) is 0 Å². The number of nitrogens with one attached hydrogen (secondary N) is 1. The second-order valence-electron chi connectivity index (χ2n) is 4.65. The first-order valence-electron chi connectivity index (χ1n) is 6.42. The van der Waals surface area contributed by atoms with Crippen LogP contribution in [0.15, 0.2) is 18.2 Å². The Morgan fingerprint density at radius 1 is 1.47 bits per heavy atom. The molecule has 0 spiro atoms. The molecule has 1 rings (SSSR count). The van der Waals surface area contributed by atoms with E-state index in [2.05, 4.69) is 5.32 Å². The molecular weight excluding hydrogens is 247 g/mol. The third-order valence-electron chi connectivity index (χ3n) is 2.90. The number of carbonyl (C=O) groups excluding carboxylic acids is 1. The lowest BCUT2D eigenvalue weighted by Crippen LogP contribution is -2.33. The molecule has 0 radical (unpaired) electrons. The van der Waals surface area contributed by atoms with Crippen LogP contribution in [0, 0.1) is 17.7 Å². The zero-order chi connectivity index (χ0) is 14.4. The molecule has 0 aliphatic carbocycles. The number of anilines is 1. The predicted octanol–water partition coefficient (Wildman–Crippen LogP) is 2.39. The van der Waals surface area contributed by atoms with Gasteiger partial charge in [-0.3, -0.25) is 4.79 Å². The Morgan fingerprint density at radius 3 is 2.68 bits per heavy atom. The molecule has 19 heavy (non-hydrogen) atoms. The van der Waals surface area contributed by atoms with Gasteiger partial charge in [-0.05, 0) is 25.0 Å². The van der Waals surface area contributed by atoms with E-state index in [4.69, 9.17) is 10.5 Å². The zero-order valence-corrected chi connectivity index (χ0v) is 11.6. The first-order valence-corrected chi connectivity index (χ1v) is 6.42. The van der Waals surface area contributed by atoms with Crippen LogP contribution in [-0.2, 0) is 4.79 Å². The second kappa shape index (κ2) is 7.09. The zero-order valence-electron chi connectivity index (χ0n) is 11.6. The first kappa shape index (κ1) is 15.4. The average molecular weight is 268 g/mol. The van der Waals surface area contributed by atoms with E-state index in [1.807, 2.05) is 13.8 Å². The van der Waals surface area contributed by atoms with Crippen molar-refractivity contribution >= 4 is 11.6 Å². The van der Waals surface area contributed by atoms with Crippen molar-refractivity contribution in [1.82, 2.24) is 0 Å². The van der Waals surface area contributed by atoms with Crippen LogP contribution >= 0.6 is 0 Å². The maximum atomic E-state index is 13.1. The normalized spacial score (nSPS) is 12.3. The summed E-state index contributed by atoms with van der Waals surface area (Å²) in [7, 11) is 0. The number of benzene rings is 1. The van der Waals surface area contributed by atoms with Gasteiger partial charge in [0, 0.05) is 12.6 Å². The van der Waals surface area contributed by atoms with E-state index in [1.54, 1.807) is 6.92 Å². The van der Waals surface area contributed by atoms with Gasteiger partial charge in [0.2, 0.25) is 5.91 Å². The summed E-state index contributed by atoms with van der Waals surface area (Å²) in [5.74, 6) is -0.387. The quantitative estimate of drug-likeness (QED) is 0.832. The van der Waals surface area contributed by atoms with Gasteiger partial charge < -0.3 is 15.8 Å². The summed E-state index contributed by atoms with van der Waals surface area (Å²) in [5, 5.41) is 2.74. The molecular formula is C14H21FN2O2.